The van der Waals surface area contributed by atoms with Gasteiger partial charge in [0.2, 0.25) is 0 Å². The summed E-state index contributed by atoms with van der Waals surface area (Å²) in [5.74, 6) is -9.33. The second-order valence-corrected chi connectivity index (χ2v) is 14.8. The van der Waals surface area contributed by atoms with Gasteiger partial charge in [0.05, 0.1) is 25.2 Å². The third kappa shape index (κ3) is 4.42. The van der Waals surface area contributed by atoms with E-state index in [2.05, 4.69) is 13.8 Å². The quantitative estimate of drug-likeness (QED) is 0.288. The van der Waals surface area contributed by atoms with Crippen molar-refractivity contribution in [1.82, 2.24) is 0 Å². The molecule has 2 spiro atoms. The first-order valence-electron chi connectivity index (χ1n) is 15.9. The number of esters is 1. The molecule has 0 aromatic rings. The molecule has 8 rings (SSSR count). The molecule has 6 unspecified atom stereocenters. The molecule has 2 heterocycles. The number of alkyl halides is 4. The molecule has 0 N–H and O–H groups in total. The molecule has 2 saturated heterocycles. The summed E-state index contributed by atoms with van der Waals surface area (Å²) in [5.41, 5.74) is -0.756. The van der Waals surface area contributed by atoms with Crippen molar-refractivity contribution in [2.45, 2.75) is 101 Å². The van der Waals surface area contributed by atoms with Gasteiger partial charge in [-0.15, -0.1) is 0 Å². The van der Waals surface area contributed by atoms with Gasteiger partial charge < -0.3 is 23.7 Å². The predicted octanol–water partition coefficient (Wildman–Crippen LogP) is 6.21. The van der Waals surface area contributed by atoms with Gasteiger partial charge in [-0.1, -0.05) is 20.3 Å². The topological polar surface area (TPSA) is 63.2 Å². The Labute approximate surface area is 239 Å². The summed E-state index contributed by atoms with van der Waals surface area (Å²) in [4.78, 5) is 13.6. The number of ether oxygens (including phenoxy) is 5. The molecule has 8 aliphatic rings. The smallest absolute Gasteiger partial charge is 0.335 e. The molecule has 6 aliphatic carbocycles. The standard InChI is InChI=1S/C31H44F4O6/c1-3-19-5-20-4-18(2)30(23(6-19)7-20)38-14-22(15-39-30)13-37-26(36)27-10-21-8-24(11-27)31(25(9-21)12-27)40-16-28(32,33)29(34,35)17-41-31/h18-25H,3-17H2,1-2H3. The van der Waals surface area contributed by atoms with Gasteiger partial charge in [-0.05, 0) is 75.5 Å². The normalized spacial score (nSPS) is 49.1. The maximum atomic E-state index is 14.1. The van der Waals surface area contributed by atoms with Crippen molar-refractivity contribution in [3.8, 4) is 0 Å². The number of carbonyl (C=O) groups excluding carboxylic acids is 1. The van der Waals surface area contributed by atoms with Crippen LogP contribution in [0.15, 0.2) is 0 Å². The molecule has 8 fully saturated rings. The molecule has 6 saturated carbocycles. The van der Waals surface area contributed by atoms with Crippen molar-refractivity contribution < 1.29 is 46.0 Å². The SMILES string of the molecule is CCC1CC2CC(C)C3(OCC(COC(=O)C45CC6CC(C4)C4(OCC(F)(F)C(F)(F)CO4)C(C6)C5)CO3)C(C1)C2. The highest BCUT2D eigenvalue weighted by molar-refractivity contribution is 5.77. The third-order valence-electron chi connectivity index (χ3n) is 12.2. The Balaban J connectivity index is 0.979. The predicted molar refractivity (Wildman–Crippen MR) is 138 cm³/mol. The van der Waals surface area contributed by atoms with Gasteiger partial charge in [0, 0.05) is 29.6 Å². The molecule has 6 bridgehead atoms. The summed E-state index contributed by atoms with van der Waals surface area (Å²) < 4.78 is 86.6. The Morgan fingerprint density at radius 2 is 1.34 bits per heavy atom. The number of carbonyl (C=O) groups is 1. The highest BCUT2D eigenvalue weighted by Gasteiger charge is 2.70. The summed E-state index contributed by atoms with van der Waals surface area (Å²) in [6, 6.07) is 0. The first kappa shape index (κ1) is 28.8. The van der Waals surface area contributed by atoms with Crippen molar-refractivity contribution in [2.75, 3.05) is 33.0 Å². The molecular formula is C31H44F4O6. The molecule has 0 amide bonds. The maximum Gasteiger partial charge on any atom is 0.335 e. The zero-order chi connectivity index (χ0) is 28.8. The average Bonchev–Trinajstić information content (AvgIpc) is 3.03. The van der Waals surface area contributed by atoms with E-state index < -0.39 is 53.9 Å². The number of fused-ring (bicyclic) bond motifs is 3. The Morgan fingerprint density at radius 1 is 0.732 bits per heavy atom. The molecule has 232 valence electrons. The minimum atomic E-state index is -4.30. The van der Waals surface area contributed by atoms with E-state index in [0.29, 0.717) is 57.2 Å². The molecule has 10 heteroatoms. The van der Waals surface area contributed by atoms with Crippen LogP contribution >= 0.6 is 0 Å². The lowest BCUT2D eigenvalue weighted by Gasteiger charge is -2.62. The Morgan fingerprint density at radius 3 is 1.95 bits per heavy atom. The van der Waals surface area contributed by atoms with E-state index >= 15 is 0 Å². The molecule has 0 radical (unpaired) electrons. The van der Waals surface area contributed by atoms with Crippen LogP contribution in [-0.2, 0) is 28.5 Å². The first-order valence-corrected chi connectivity index (χ1v) is 15.9. The van der Waals surface area contributed by atoms with Crippen molar-refractivity contribution in [3.05, 3.63) is 0 Å². The van der Waals surface area contributed by atoms with E-state index in [9.17, 15) is 22.4 Å². The van der Waals surface area contributed by atoms with Crippen LogP contribution in [-0.4, -0.2) is 62.4 Å². The number of rotatable bonds is 4. The molecule has 6 nitrogen and oxygen atoms in total. The lowest BCUT2D eigenvalue weighted by molar-refractivity contribution is -0.353. The van der Waals surface area contributed by atoms with Crippen LogP contribution in [0.2, 0.25) is 0 Å². The average molecular weight is 589 g/mol. The second kappa shape index (κ2) is 9.77. The van der Waals surface area contributed by atoms with Crippen LogP contribution in [0.25, 0.3) is 0 Å². The van der Waals surface area contributed by atoms with Crippen LogP contribution in [0.4, 0.5) is 17.6 Å². The monoisotopic (exact) mass is 588 g/mol. The van der Waals surface area contributed by atoms with Crippen LogP contribution in [0.5, 0.6) is 0 Å². The summed E-state index contributed by atoms with van der Waals surface area (Å²) in [6.07, 6.45) is 8.54. The van der Waals surface area contributed by atoms with E-state index in [1.807, 2.05) is 0 Å². The molecule has 0 aromatic carbocycles. The highest BCUT2D eigenvalue weighted by atomic mass is 19.3. The van der Waals surface area contributed by atoms with Crippen LogP contribution in [0.1, 0.15) is 78.1 Å². The molecular weight excluding hydrogens is 544 g/mol. The molecule has 0 aromatic heterocycles. The lowest BCUT2D eigenvalue weighted by atomic mass is 9.47. The van der Waals surface area contributed by atoms with Crippen molar-refractivity contribution in [2.24, 2.45) is 52.8 Å². The second-order valence-electron chi connectivity index (χ2n) is 14.8. The maximum absolute atomic E-state index is 14.1. The zero-order valence-electron chi connectivity index (χ0n) is 24.2. The number of hydrogen-bond donors (Lipinski definition) is 0. The lowest BCUT2D eigenvalue weighted by Crippen LogP contribution is -2.65. The fraction of sp³-hybridized carbons (Fsp3) is 0.968. The first-order chi connectivity index (χ1) is 19.4. The minimum absolute atomic E-state index is 0.0571. The van der Waals surface area contributed by atoms with Crippen molar-refractivity contribution in [3.63, 3.8) is 0 Å². The van der Waals surface area contributed by atoms with Crippen LogP contribution in [0.3, 0.4) is 0 Å². The number of hydrogen-bond acceptors (Lipinski definition) is 6. The molecule has 41 heavy (non-hydrogen) atoms. The Hall–Kier alpha value is -0.970. The molecule has 6 atom stereocenters. The van der Waals surface area contributed by atoms with Gasteiger partial charge in [-0.3, -0.25) is 4.79 Å². The summed E-state index contributed by atoms with van der Waals surface area (Å²) in [7, 11) is 0. The highest BCUT2D eigenvalue weighted by Crippen LogP contribution is 2.66. The van der Waals surface area contributed by atoms with Crippen LogP contribution < -0.4 is 0 Å². The largest absolute Gasteiger partial charge is 0.465 e. The van der Waals surface area contributed by atoms with E-state index in [0.717, 1.165) is 31.1 Å². The van der Waals surface area contributed by atoms with Gasteiger partial charge in [-0.2, -0.15) is 17.6 Å². The van der Waals surface area contributed by atoms with E-state index in [1.165, 1.54) is 12.8 Å². The Bertz CT molecular complexity index is 990. The van der Waals surface area contributed by atoms with Crippen molar-refractivity contribution >= 4 is 5.97 Å². The van der Waals surface area contributed by atoms with E-state index in [4.69, 9.17) is 23.7 Å². The van der Waals surface area contributed by atoms with Gasteiger partial charge in [0.15, 0.2) is 11.6 Å². The van der Waals surface area contributed by atoms with E-state index in [-0.39, 0.29) is 24.4 Å². The summed E-state index contributed by atoms with van der Waals surface area (Å²) in [5, 5.41) is 0. The van der Waals surface area contributed by atoms with Crippen molar-refractivity contribution in [1.29, 1.82) is 0 Å². The minimum Gasteiger partial charge on any atom is -0.465 e. The number of halogens is 4. The molecule has 2 aliphatic heterocycles. The zero-order valence-corrected chi connectivity index (χ0v) is 24.2. The Kier molecular flexibility index (Phi) is 6.85. The fourth-order valence-electron chi connectivity index (χ4n) is 10.3. The van der Waals surface area contributed by atoms with Gasteiger partial charge in [0.25, 0.3) is 0 Å². The van der Waals surface area contributed by atoms with E-state index in [1.54, 1.807) is 0 Å². The fourth-order valence-corrected chi connectivity index (χ4v) is 10.3. The summed E-state index contributed by atoms with van der Waals surface area (Å²) >= 11 is 0. The van der Waals surface area contributed by atoms with Gasteiger partial charge in [-0.25, -0.2) is 0 Å². The summed E-state index contributed by atoms with van der Waals surface area (Å²) in [6.45, 7) is 2.94. The third-order valence-corrected chi connectivity index (χ3v) is 12.2. The van der Waals surface area contributed by atoms with Gasteiger partial charge >= 0.3 is 17.8 Å². The van der Waals surface area contributed by atoms with Crippen LogP contribution in [0, 0.1) is 52.8 Å². The van der Waals surface area contributed by atoms with Gasteiger partial charge in [0.1, 0.15) is 13.2 Å².